The Bertz CT molecular complexity index is 917. The van der Waals surface area contributed by atoms with Crippen LogP contribution in [0, 0.1) is 23.5 Å². The van der Waals surface area contributed by atoms with Crippen LogP contribution in [0.3, 0.4) is 0 Å². The molecule has 0 radical (unpaired) electrons. The highest BCUT2D eigenvalue weighted by atomic mass is 19.1. The van der Waals surface area contributed by atoms with E-state index in [1.807, 2.05) is 0 Å². The molecule has 0 saturated heterocycles. The Morgan fingerprint density at radius 2 is 1.62 bits per heavy atom. The minimum Gasteiger partial charge on any atom is -0.497 e. The molecule has 0 aromatic heterocycles. The van der Waals surface area contributed by atoms with E-state index in [0.717, 1.165) is 25.0 Å². The minimum atomic E-state index is -0.942. The molecule has 1 fully saturated rings. The Kier molecular flexibility index (Phi) is 8.03. The first kappa shape index (κ1) is 23.5. The molecule has 2 aromatic carbocycles. The Balaban J connectivity index is 1.53. The Hall–Kier alpha value is -3.16. The summed E-state index contributed by atoms with van der Waals surface area (Å²) in [5.74, 6) is -2.39. The summed E-state index contributed by atoms with van der Waals surface area (Å²) in [6.07, 6.45) is 2.97. The van der Waals surface area contributed by atoms with E-state index >= 15 is 0 Å². The second kappa shape index (κ2) is 10.9. The molecule has 0 spiro atoms. The van der Waals surface area contributed by atoms with Crippen molar-refractivity contribution in [1.82, 2.24) is 5.32 Å². The monoisotopic (exact) mass is 447 g/mol. The van der Waals surface area contributed by atoms with Crippen molar-refractivity contribution in [2.45, 2.75) is 32.3 Å². The van der Waals surface area contributed by atoms with E-state index in [4.69, 9.17) is 14.2 Å². The summed E-state index contributed by atoms with van der Waals surface area (Å²) >= 11 is 0. The molecule has 3 rings (SSSR count). The van der Waals surface area contributed by atoms with Gasteiger partial charge in [0.05, 0.1) is 20.1 Å². The van der Waals surface area contributed by atoms with Gasteiger partial charge in [-0.25, -0.2) is 8.78 Å². The van der Waals surface area contributed by atoms with E-state index in [1.165, 1.54) is 7.11 Å². The predicted octanol–water partition coefficient (Wildman–Crippen LogP) is 4.26. The number of esters is 1. The minimum absolute atomic E-state index is 0.0301. The van der Waals surface area contributed by atoms with Gasteiger partial charge in [-0.2, -0.15) is 0 Å². The lowest BCUT2D eigenvalue weighted by molar-refractivity contribution is -0.146. The summed E-state index contributed by atoms with van der Waals surface area (Å²) in [6, 6.07) is 8.84. The van der Waals surface area contributed by atoms with E-state index in [2.05, 4.69) is 5.32 Å². The molecule has 2 aromatic rings. The van der Waals surface area contributed by atoms with E-state index < -0.39 is 23.3 Å². The lowest BCUT2D eigenvalue weighted by Gasteiger charge is -2.27. The molecule has 0 aliphatic heterocycles. The molecule has 0 unspecified atom stereocenters. The van der Waals surface area contributed by atoms with Crippen LogP contribution in [-0.4, -0.2) is 32.6 Å². The first-order chi connectivity index (χ1) is 15.4. The van der Waals surface area contributed by atoms with Crippen molar-refractivity contribution in [2.24, 2.45) is 11.8 Å². The van der Waals surface area contributed by atoms with Gasteiger partial charge in [0.1, 0.15) is 12.4 Å². The number of methoxy groups -OCH3 is 2. The predicted molar refractivity (Wildman–Crippen MR) is 113 cm³/mol. The molecule has 1 aliphatic rings. The standard InChI is InChI=1S/C24H27F2NO5/c1-30-19-9-5-16(6-10-19)14-32-22-20(25)11-18(12-21(22)26)23(28)27-13-15-3-7-17(8-4-15)24(29)31-2/h5-6,9-12,15,17H,3-4,7-8,13-14H2,1-2H3,(H,27,28). The third kappa shape index (κ3) is 5.96. The van der Waals surface area contributed by atoms with Gasteiger partial charge in [0, 0.05) is 12.1 Å². The number of carbonyl (C=O) groups is 2. The maximum absolute atomic E-state index is 14.4. The number of hydrogen-bond acceptors (Lipinski definition) is 5. The molecule has 1 amide bonds. The Morgan fingerprint density at radius 3 is 2.19 bits per heavy atom. The summed E-state index contributed by atoms with van der Waals surface area (Å²) in [6.45, 7) is 0.351. The molecule has 0 bridgehead atoms. The van der Waals surface area contributed by atoms with Crippen LogP contribution in [0.2, 0.25) is 0 Å². The highest BCUT2D eigenvalue weighted by molar-refractivity contribution is 5.94. The van der Waals surface area contributed by atoms with E-state index in [-0.39, 0.29) is 30.0 Å². The number of nitrogens with one attached hydrogen (secondary N) is 1. The number of amides is 1. The third-order valence-corrected chi connectivity index (χ3v) is 5.74. The van der Waals surface area contributed by atoms with Crippen LogP contribution < -0.4 is 14.8 Å². The maximum Gasteiger partial charge on any atom is 0.308 e. The highest BCUT2D eigenvalue weighted by Crippen LogP contribution is 2.29. The molecule has 1 aliphatic carbocycles. The van der Waals surface area contributed by atoms with Crippen LogP contribution >= 0.6 is 0 Å². The molecular formula is C24H27F2NO5. The van der Waals surface area contributed by atoms with Gasteiger partial charge < -0.3 is 19.5 Å². The normalized spacial score (nSPS) is 18.0. The number of carbonyl (C=O) groups excluding carboxylic acids is 2. The summed E-state index contributed by atoms with van der Waals surface area (Å²) < 4.78 is 44.0. The van der Waals surface area contributed by atoms with Gasteiger partial charge in [-0.1, -0.05) is 12.1 Å². The van der Waals surface area contributed by atoms with Crippen molar-refractivity contribution in [3.8, 4) is 11.5 Å². The van der Waals surface area contributed by atoms with Gasteiger partial charge in [-0.05, 0) is 61.4 Å². The first-order valence-corrected chi connectivity index (χ1v) is 10.5. The van der Waals surface area contributed by atoms with Crippen molar-refractivity contribution in [3.05, 3.63) is 59.2 Å². The molecule has 172 valence electrons. The van der Waals surface area contributed by atoms with Gasteiger partial charge in [0.15, 0.2) is 17.4 Å². The lowest BCUT2D eigenvalue weighted by Crippen LogP contribution is -2.32. The number of rotatable bonds is 8. The topological polar surface area (TPSA) is 73.9 Å². The smallest absolute Gasteiger partial charge is 0.308 e. The maximum atomic E-state index is 14.4. The van der Waals surface area contributed by atoms with Gasteiger partial charge in [0.2, 0.25) is 0 Å². The number of halogens is 2. The molecule has 32 heavy (non-hydrogen) atoms. The largest absolute Gasteiger partial charge is 0.497 e. The molecular weight excluding hydrogens is 420 g/mol. The Labute approximate surface area is 185 Å². The van der Waals surface area contributed by atoms with Crippen LogP contribution in [0.1, 0.15) is 41.6 Å². The van der Waals surface area contributed by atoms with Crippen LogP contribution in [0.4, 0.5) is 8.78 Å². The lowest BCUT2D eigenvalue weighted by atomic mass is 9.82. The quantitative estimate of drug-likeness (QED) is 0.612. The molecule has 0 atom stereocenters. The molecule has 8 heteroatoms. The van der Waals surface area contributed by atoms with Crippen molar-refractivity contribution < 1.29 is 32.6 Å². The first-order valence-electron chi connectivity index (χ1n) is 10.5. The van der Waals surface area contributed by atoms with Crippen molar-refractivity contribution in [1.29, 1.82) is 0 Å². The number of ether oxygens (including phenoxy) is 3. The van der Waals surface area contributed by atoms with Gasteiger partial charge in [-0.3, -0.25) is 9.59 Å². The van der Waals surface area contributed by atoms with E-state index in [9.17, 15) is 18.4 Å². The Morgan fingerprint density at radius 1 is 1.00 bits per heavy atom. The van der Waals surface area contributed by atoms with Gasteiger partial charge >= 0.3 is 5.97 Å². The van der Waals surface area contributed by atoms with E-state index in [0.29, 0.717) is 30.7 Å². The molecule has 6 nitrogen and oxygen atoms in total. The number of hydrogen-bond donors (Lipinski definition) is 1. The van der Waals surface area contributed by atoms with Gasteiger partial charge in [-0.15, -0.1) is 0 Å². The fourth-order valence-corrected chi connectivity index (χ4v) is 3.81. The summed E-state index contributed by atoms with van der Waals surface area (Å²) in [5.41, 5.74) is 0.605. The van der Waals surface area contributed by atoms with E-state index in [1.54, 1.807) is 31.4 Å². The summed E-state index contributed by atoms with van der Waals surface area (Å²) in [4.78, 5) is 24.0. The van der Waals surface area contributed by atoms with Crippen LogP contribution in [0.5, 0.6) is 11.5 Å². The molecule has 1 N–H and O–H groups in total. The third-order valence-electron chi connectivity index (χ3n) is 5.74. The summed E-state index contributed by atoms with van der Waals surface area (Å²) in [7, 11) is 2.92. The SMILES string of the molecule is COC(=O)C1CCC(CNC(=O)c2cc(F)c(OCc3ccc(OC)cc3)c(F)c2)CC1. The van der Waals surface area contributed by atoms with Crippen molar-refractivity contribution in [2.75, 3.05) is 20.8 Å². The second-order valence-electron chi connectivity index (χ2n) is 7.86. The average molecular weight is 447 g/mol. The van der Waals surface area contributed by atoms with Crippen molar-refractivity contribution in [3.63, 3.8) is 0 Å². The second-order valence-corrected chi connectivity index (χ2v) is 7.86. The number of benzene rings is 2. The van der Waals surface area contributed by atoms with Crippen LogP contribution in [0.15, 0.2) is 36.4 Å². The highest BCUT2D eigenvalue weighted by Gasteiger charge is 2.27. The van der Waals surface area contributed by atoms with Gasteiger partial charge in [0.25, 0.3) is 5.91 Å². The fourth-order valence-electron chi connectivity index (χ4n) is 3.81. The zero-order valence-electron chi connectivity index (χ0n) is 18.2. The van der Waals surface area contributed by atoms with Crippen LogP contribution in [-0.2, 0) is 16.1 Å². The zero-order chi connectivity index (χ0) is 23.1. The van der Waals surface area contributed by atoms with Crippen LogP contribution in [0.25, 0.3) is 0 Å². The molecule has 0 heterocycles. The zero-order valence-corrected chi connectivity index (χ0v) is 18.2. The fraction of sp³-hybridized carbons (Fsp3) is 0.417. The summed E-state index contributed by atoms with van der Waals surface area (Å²) in [5, 5.41) is 2.73. The average Bonchev–Trinajstić information content (AvgIpc) is 2.82. The molecule has 1 saturated carbocycles. The van der Waals surface area contributed by atoms with Crippen molar-refractivity contribution >= 4 is 11.9 Å².